The highest BCUT2D eigenvalue weighted by atomic mass is 32.2. The molecule has 1 amide bonds. The number of benzene rings is 1. The number of hydrogen-bond donors (Lipinski definition) is 2. The Morgan fingerprint density at radius 2 is 1.86 bits per heavy atom. The number of aromatic nitrogens is 3. The summed E-state index contributed by atoms with van der Waals surface area (Å²) in [6, 6.07) is 7.68. The molecule has 0 spiro atoms. The van der Waals surface area contributed by atoms with E-state index >= 15 is 0 Å². The zero-order chi connectivity index (χ0) is 25.2. The van der Waals surface area contributed by atoms with Crippen molar-refractivity contribution in [3.8, 4) is 11.3 Å². The summed E-state index contributed by atoms with van der Waals surface area (Å²) in [5.41, 5.74) is 0.743. The molecule has 3 heterocycles. The molecule has 0 radical (unpaired) electrons. The molecule has 9 nitrogen and oxygen atoms in total. The van der Waals surface area contributed by atoms with Crippen LogP contribution in [0.15, 0.2) is 70.7 Å². The third-order valence-corrected chi connectivity index (χ3v) is 6.35. The van der Waals surface area contributed by atoms with E-state index in [9.17, 15) is 26.4 Å². The second kappa shape index (κ2) is 9.43. The van der Waals surface area contributed by atoms with Crippen LogP contribution in [0.1, 0.15) is 18.2 Å². The second-order valence-corrected chi connectivity index (χ2v) is 9.15. The van der Waals surface area contributed by atoms with Gasteiger partial charge in [0.1, 0.15) is 11.9 Å². The Hall–Kier alpha value is -3.84. The van der Waals surface area contributed by atoms with Gasteiger partial charge in [0.25, 0.3) is 10.0 Å². The maximum absolute atomic E-state index is 12.8. The van der Waals surface area contributed by atoms with E-state index < -0.39 is 33.7 Å². The number of rotatable bonds is 7. The fraction of sp³-hybridized carbons (Fsp3) is 0.182. The molecule has 0 saturated heterocycles. The first kappa shape index (κ1) is 24.3. The van der Waals surface area contributed by atoms with Crippen molar-refractivity contribution in [3.05, 3.63) is 72.4 Å². The van der Waals surface area contributed by atoms with Gasteiger partial charge in [-0.1, -0.05) is 12.1 Å². The number of nitrogens with zero attached hydrogens (tertiary/aromatic N) is 3. The largest absolute Gasteiger partial charge is 0.443 e. The molecule has 0 aliphatic carbocycles. The van der Waals surface area contributed by atoms with Gasteiger partial charge in [0.15, 0.2) is 0 Å². The van der Waals surface area contributed by atoms with Gasteiger partial charge in [-0.25, -0.2) is 18.4 Å². The zero-order valence-electron chi connectivity index (χ0n) is 18.1. The Morgan fingerprint density at radius 1 is 1.11 bits per heavy atom. The number of hydrogen-bond acceptors (Lipinski definition) is 7. The van der Waals surface area contributed by atoms with Crippen LogP contribution in [0.4, 0.5) is 13.2 Å². The smallest absolute Gasteiger partial charge is 0.416 e. The van der Waals surface area contributed by atoms with Gasteiger partial charge in [0.2, 0.25) is 11.0 Å². The monoisotopic (exact) mass is 505 g/mol. The van der Waals surface area contributed by atoms with Gasteiger partial charge >= 0.3 is 6.18 Å². The zero-order valence-corrected chi connectivity index (χ0v) is 18.9. The SMILES string of the molecule is C[C@H](NS(=O)(=O)c1cc2cnccc2o1)C(=O)NCc1cc(-c2ccc(C(F)(F)F)cc2)ncn1. The van der Waals surface area contributed by atoms with Gasteiger partial charge in [-0.3, -0.25) is 9.78 Å². The summed E-state index contributed by atoms with van der Waals surface area (Å²) in [4.78, 5) is 24.4. The number of carbonyl (C=O) groups is 1. The van der Waals surface area contributed by atoms with Crippen molar-refractivity contribution in [2.75, 3.05) is 0 Å². The molecule has 0 bridgehead atoms. The Kier molecular flexibility index (Phi) is 6.54. The molecule has 0 saturated carbocycles. The lowest BCUT2D eigenvalue weighted by Crippen LogP contribution is -2.44. The van der Waals surface area contributed by atoms with E-state index in [4.69, 9.17) is 4.42 Å². The maximum Gasteiger partial charge on any atom is 0.416 e. The van der Waals surface area contributed by atoms with Crippen molar-refractivity contribution in [3.63, 3.8) is 0 Å². The summed E-state index contributed by atoms with van der Waals surface area (Å²) in [5.74, 6) is -0.624. The molecule has 0 aliphatic rings. The van der Waals surface area contributed by atoms with Gasteiger partial charge in [0, 0.05) is 29.4 Å². The van der Waals surface area contributed by atoms with Crippen LogP contribution in [-0.2, 0) is 27.5 Å². The minimum Gasteiger partial charge on any atom is -0.443 e. The lowest BCUT2D eigenvalue weighted by atomic mass is 10.1. The molecule has 2 N–H and O–H groups in total. The van der Waals surface area contributed by atoms with Crippen molar-refractivity contribution in [1.29, 1.82) is 0 Å². The number of sulfonamides is 1. The minimum atomic E-state index is -4.44. The Bertz CT molecular complexity index is 1440. The van der Waals surface area contributed by atoms with Gasteiger partial charge in [0.05, 0.1) is 29.5 Å². The van der Waals surface area contributed by atoms with Crippen LogP contribution in [0.5, 0.6) is 0 Å². The predicted octanol–water partition coefficient (Wildman–Crippen LogP) is 3.29. The van der Waals surface area contributed by atoms with E-state index in [0.29, 0.717) is 27.9 Å². The highest BCUT2D eigenvalue weighted by Gasteiger charge is 2.30. The lowest BCUT2D eigenvalue weighted by Gasteiger charge is -2.13. The molecule has 13 heteroatoms. The van der Waals surface area contributed by atoms with Crippen LogP contribution in [0, 0.1) is 0 Å². The molecule has 0 unspecified atom stereocenters. The molecule has 1 aromatic carbocycles. The molecule has 0 aliphatic heterocycles. The van der Waals surface area contributed by atoms with E-state index in [0.717, 1.165) is 12.1 Å². The first-order valence-corrected chi connectivity index (χ1v) is 11.6. The Morgan fingerprint density at radius 3 is 2.54 bits per heavy atom. The summed E-state index contributed by atoms with van der Waals surface area (Å²) >= 11 is 0. The molecular formula is C22H18F3N5O4S. The summed E-state index contributed by atoms with van der Waals surface area (Å²) in [5, 5.41) is 2.71. The number of nitrogens with one attached hydrogen (secondary N) is 2. The van der Waals surface area contributed by atoms with Crippen molar-refractivity contribution in [1.82, 2.24) is 25.0 Å². The van der Waals surface area contributed by atoms with E-state index in [1.165, 1.54) is 56.0 Å². The van der Waals surface area contributed by atoms with E-state index in [2.05, 4.69) is 25.0 Å². The van der Waals surface area contributed by atoms with Gasteiger partial charge in [-0.15, -0.1) is 0 Å². The highest BCUT2D eigenvalue weighted by Crippen LogP contribution is 2.30. The molecule has 182 valence electrons. The fourth-order valence-corrected chi connectivity index (χ4v) is 4.32. The topological polar surface area (TPSA) is 127 Å². The fourth-order valence-electron chi connectivity index (χ4n) is 3.15. The van der Waals surface area contributed by atoms with Crippen molar-refractivity contribution >= 4 is 26.9 Å². The average molecular weight is 505 g/mol. The second-order valence-electron chi connectivity index (χ2n) is 7.51. The van der Waals surface area contributed by atoms with Crippen molar-refractivity contribution in [2.45, 2.75) is 30.8 Å². The molecule has 1 atom stereocenters. The first-order valence-electron chi connectivity index (χ1n) is 10.1. The average Bonchev–Trinajstić information content (AvgIpc) is 3.27. The normalized spacial score (nSPS) is 13.0. The number of halogens is 3. The quantitative estimate of drug-likeness (QED) is 0.395. The van der Waals surface area contributed by atoms with Crippen LogP contribution >= 0.6 is 0 Å². The van der Waals surface area contributed by atoms with Gasteiger partial charge in [-0.2, -0.15) is 17.9 Å². The highest BCUT2D eigenvalue weighted by molar-refractivity contribution is 7.89. The Balaban J connectivity index is 1.39. The summed E-state index contributed by atoms with van der Waals surface area (Å²) in [7, 11) is -4.12. The molecule has 4 aromatic rings. The number of furan rings is 1. The van der Waals surface area contributed by atoms with Crippen molar-refractivity contribution < 1.29 is 30.8 Å². The summed E-state index contributed by atoms with van der Waals surface area (Å²) in [6.45, 7) is 1.31. The molecule has 4 rings (SSSR count). The molecule has 0 fully saturated rings. The van der Waals surface area contributed by atoms with Gasteiger partial charge in [-0.05, 0) is 31.2 Å². The van der Waals surface area contributed by atoms with Crippen LogP contribution in [0.2, 0.25) is 0 Å². The predicted molar refractivity (Wildman–Crippen MR) is 118 cm³/mol. The number of amides is 1. The standard InChI is InChI=1S/C22H18F3N5O4S/c1-13(30-35(32,33)20-8-15-10-26-7-6-19(15)34-20)21(31)27-11-17-9-18(29-12-28-17)14-2-4-16(5-3-14)22(23,24)25/h2-10,12-13,30H,11H2,1H3,(H,27,31)/t13-/m0/s1. The van der Waals surface area contributed by atoms with E-state index in [-0.39, 0.29) is 11.6 Å². The molecular weight excluding hydrogens is 487 g/mol. The third kappa shape index (κ3) is 5.63. The first-order chi connectivity index (χ1) is 16.5. The molecule has 35 heavy (non-hydrogen) atoms. The summed E-state index contributed by atoms with van der Waals surface area (Å²) < 4.78 is 71.0. The summed E-state index contributed by atoms with van der Waals surface area (Å²) in [6.07, 6.45) is -0.312. The third-order valence-electron chi connectivity index (χ3n) is 4.96. The van der Waals surface area contributed by atoms with Crippen LogP contribution in [0.25, 0.3) is 22.2 Å². The number of fused-ring (bicyclic) bond motifs is 1. The van der Waals surface area contributed by atoms with Crippen molar-refractivity contribution in [2.24, 2.45) is 0 Å². The van der Waals surface area contributed by atoms with Crippen LogP contribution in [-0.4, -0.2) is 35.3 Å². The minimum absolute atomic E-state index is 0.0582. The maximum atomic E-state index is 12.8. The number of alkyl halides is 3. The van der Waals surface area contributed by atoms with E-state index in [1.54, 1.807) is 0 Å². The number of carbonyl (C=O) groups excluding carboxylic acids is 1. The number of pyridine rings is 1. The van der Waals surface area contributed by atoms with E-state index in [1.807, 2.05) is 0 Å². The Labute approximate surface area is 197 Å². The van der Waals surface area contributed by atoms with Crippen LogP contribution < -0.4 is 10.0 Å². The van der Waals surface area contributed by atoms with Gasteiger partial charge < -0.3 is 9.73 Å². The lowest BCUT2D eigenvalue weighted by molar-refractivity contribution is -0.137. The van der Waals surface area contributed by atoms with Crippen LogP contribution in [0.3, 0.4) is 0 Å². The molecule has 3 aromatic heterocycles.